The zero-order valence-electron chi connectivity index (χ0n) is 9.28. The lowest BCUT2D eigenvalue weighted by atomic mass is 10.0. The maximum atomic E-state index is 13.1. The zero-order valence-corrected chi connectivity index (χ0v) is 9.28. The minimum absolute atomic E-state index is 0.171. The molecular weight excluding hydrogens is 234 g/mol. The molecule has 0 saturated heterocycles. The van der Waals surface area contributed by atoms with E-state index < -0.39 is 18.0 Å². The number of carboxylic acids is 1. The molecule has 4 nitrogen and oxygen atoms in total. The van der Waals surface area contributed by atoms with Gasteiger partial charge in [0.1, 0.15) is 5.75 Å². The molecule has 0 aliphatic rings. The number of benzene rings is 1. The summed E-state index contributed by atoms with van der Waals surface area (Å²) in [5.41, 5.74) is 0.362. The molecule has 1 aromatic rings. The molecule has 94 valence electrons. The normalized spacial score (nSPS) is 13.2. The average Bonchev–Trinajstić information content (AvgIpc) is 2.27. The zero-order chi connectivity index (χ0) is 13.2. The number of ether oxygens (including phenoxy) is 1. The van der Waals surface area contributed by atoms with Crippen LogP contribution in [0.5, 0.6) is 5.75 Å². The van der Waals surface area contributed by atoms with E-state index in [-0.39, 0.29) is 5.56 Å². The largest absolute Gasteiger partial charge is 0.496 e. The molecule has 17 heavy (non-hydrogen) atoms. The smallest absolute Gasteiger partial charge is 0.377 e. The van der Waals surface area contributed by atoms with E-state index in [1.165, 1.54) is 25.3 Å². The van der Waals surface area contributed by atoms with Crippen molar-refractivity contribution in [3.63, 3.8) is 0 Å². The Bertz CT molecular complexity index is 431. The Morgan fingerprint density at radius 3 is 2.47 bits per heavy atom. The van der Waals surface area contributed by atoms with Crippen molar-refractivity contribution in [3.05, 3.63) is 29.3 Å². The second-order valence-electron chi connectivity index (χ2n) is 3.56. The summed E-state index contributed by atoms with van der Waals surface area (Å²) in [5, 5.41) is 17.6. The summed E-state index contributed by atoms with van der Waals surface area (Å²) >= 11 is 0. The molecule has 0 radical (unpaired) electrons. The highest BCUT2D eigenvalue weighted by Crippen LogP contribution is 2.33. The van der Waals surface area contributed by atoms with E-state index >= 15 is 0 Å². The molecule has 0 aliphatic heterocycles. The fourth-order valence-corrected chi connectivity index (χ4v) is 1.40. The molecule has 1 aromatic carbocycles. The lowest BCUT2D eigenvalue weighted by molar-refractivity contribution is -0.182. The number of alkyl halides is 2. The van der Waals surface area contributed by atoms with E-state index in [1.54, 1.807) is 6.92 Å². The standard InChI is InChI=1S/C11H12F2O4/c1-6-5-7(3-4-8(6)17-2)9(14)11(12,13)10(15)16/h3-5,9,14H,1-2H3,(H,15,16). The van der Waals surface area contributed by atoms with Crippen LogP contribution in [-0.4, -0.2) is 29.2 Å². The summed E-state index contributed by atoms with van der Waals surface area (Å²) in [4.78, 5) is 10.3. The summed E-state index contributed by atoms with van der Waals surface area (Å²) < 4.78 is 31.0. The number of carbonyl (C=O) groups is 1. The molecular formula is C11H12F2O4. The van der Waals surface area contributed by atoms with Gasteiger partial charge in [-0.3, -0.25) is 0 Å². The van der Waals surface area contributed by atoms with E-state index in [9.17, 15) is 18.7 Å². The predicted molar refractivity (Wildman–Crippen MR) is 55.3 cm³/mol. The number of hydrogen-bond acceptors (Lipinski definition) is 3. The summed E-state index contributed by atoms with van der Waals surface area (Å²) in [6.07, 6.45) is -2.38. The van der Waals surface area contributed by atoms with Gasteiger partial charge in [-0.15, -0.1) is 0 Å². The van der Waals surface area contributed by atoms with Gasteiger partial charge in [0.05, 0.1) is 7.11 Å². The molecule has 0 heterocycles. The van der Waals surface area contributed by atoms with Crippen LogP contribution in [0.3, 0.4) is 0 Å². The number of methoxy groups -OCH3 is 1. The molecule has 0 bridgehead atoms. The molecule has 0 spiro atoms. The van der Waals surface area contributed by atoms with Gasteiger partial charge in [-0.05, 0) is 30.2 Å². The van der Waals surface area contributed by atoms with Crippen LogP contribution in [0.1, 0.15) is 17.2 Å². The molecule has 0 aliphatic carbocycles. The topological polar surface area (TPSA) is 66.8 Å². The lowest BCUT2D eigenvalue weighted by Crippen LogP contribution is -2.35. The van der Waals surface area contributed by atoms with Crippen molar-refractivity contribution in [2.45, 2.75) is 19.0 Å². The van der Waals surface area contributed by atoms with Crippen LogP contribution in [0.2, 0.25) is 0 Å². The van der Waals surface area contributed by atoms with Crippen LogP contribution in [0.25, 0.3) is 0 Å². The molecule has 0 saturated carbocycles. The summed E-state index contributed by atoms with van der Waals surface area (Å²) in [5.74, 6) is -6.11. The second-order valence-corrected chi connectivity index (χ2v) is 3.56. The fraction of sp³-hybridized carbons (Fsp3) is 0.364. The van der Waals surface area contributed by atoms with Gasteiger partial charge in [-0.25, -0.2) is 4.79 Å². The Kier molecular flexibility index (Phi) is 3.67. The number of aliphatic hydroxyl groups is 1. The van der Waals surface area contributed by atoms with Crippen molar-refractivity contribution in [2.75, 3.05) is 7.11 Å². The first-order valence-corrected chi connectivity index (χ1v) is 4.74. The minimum Gasteiger partial charge on any atom is -0.496 e. The van der Waals surface area contributed by atoms with Gasteiger partial charge in [-0.2, -0.15) is 8.78 Å². The summed E-state index contributed by atoms with van der Waals surface area (Å²) in [6, 6.07) is 3.86. The number of aliphatic hydroxyl groups excluding tert-OH is 1. The third kappa shape index (κ3) is 2.52. The minimum atomic E-state index is -4.22. The van der Waals surface area contributed by atoms with Gasteiger partial charge in [0.2, 0.25) is 0 Å². The van der Waals surface area contributed by atoms with Gasteiger partial charge in [-0.1, -0.05) is 6.07 Å². The van der Waals surface area contributed by atoms with Crippen molar-refractivity contribution >= 4 is 5.97 Å². The van der Waals surface area contributed by atoms with Crippen LogP contribution in [0, 0.1) is 6.92 Å². The number of hydrogen-bond donors (Lipinski definition) is 2. The second kappa shape index (κ2) is 4.67. The van der Waals surface area contributed by atoms with E-state index in [0.29, 0.717) is 11.3 Å². The monoisotopic (exact) mass is 246 g/mol. The van der Waals surface area contributed by atoms with E-state index in [4.69, 9.17) is 9.84 Å². The Balaban J connectivity index is 3.09. The number of aliphatic carboxylic acids is 1. The first kappa shape index (κ1) is 13.4. The third-order valence-corrected chi connectivity index (χ3v) is 2.36. The first-order chi connectivity index (χ1) is 7.80. The summed E-state index contributed by atoms with van der Waals surface area (Å²) in [6.45, 7) is 1.61. The highest BCUT2D eigenvalue weighted by molar-refractivity contribution is 5.76. The summed E-state index contributed by atoms with van der Waals surface area (Å²) in [7, 11) is 1.42. The average molecular weight is 246 g/mol. The fourth-order valence-electron chi connectivity index (χ4n) is 1.40. The molecule has 1 unspecified atom stereocenters. The molecule has 2 N–H and O–H groups in total. The van der Waals surface area contributed by atoms with Crippen LogP contribution < -0.4 is 4.74 Å². The Hall–Kier alpha value is -1.69. The van der Waals surface area contributed by atoms with Gasteiger partial charge < -0.3 is 14.9 Å². The molecule has 0 aromatic heterocycles. The Morgan fingerprint density at radius 1 is 1.47 bits per heavy atom. The van der Waals surface area contributed by atoms with Crippen LogP contribution in [0.4, 0.5) is 8.78 Å². The van der Waals surface area contributed by atoms with Gasteiger partial charge >= 0.3 is 11.9 Å². The van der Waals surface area contributed by atoms with E-state index in [2.05, 4.69) is 0 Å². The van der Waals surface area contributed by atoms with E-state index in [0.717, 1.165) is 0 Å². The first-order valence-electron chi connectivity index (χ1n) is 4.74. The number of halogens is 2. The highest BCUT2D eigenvalue weighted by atomic mass is 19.3. The number of aryl methyl sites for hydroxylation is 1. The molecule has 1 atom stereocenters. The SMILES string of the molecule is COc1ccc(C(O)C(F)(F)C(=O)O)cc1C. The maximum absolute atomic E-state index is 13.1. The number of carboxylic acid groups (broad SMARTS) is 1. The van der Waals surface area contributed by atoms with Crippen molar-refractivity contribution in [1.82, 2.24) is 0 Å². The quantitative estimate of drug-likeness (QED) is 0.849. The molecule has 6 heteroatoms. The maximum Gasteiger partial charge on any atom is 0.377 e. The van der Waals surface area contributed by atoms with Crippen molar-refractivity contribution < 1.29 is 28.5 Å². The van der Waals surface area contributed by atoms with Gasteiger partial charge in [0.25, 0.3) is 0 Å². The van der Waals surface area contributed by atoms with Crippen LogP contribution in [0.15, 0.2) is 18.2 Å². The molecule has 0 amide bonds. The van der Waals surface area contributed by atoms with Crippen molar-refractivity contribution in [1.29, 1.82) is 0 Å². The van der Waals surface area contributed by atoms with Crippen LogP contribution >= 0.6 is 0 Å². The predicted octanol–water partition coefficient (Wildman–Crippen LogP) is 1.76. The number of rotatable bonds is 4. The van der Waals surface area contributed by atoms with Crippen LogP contribution in [-0.2, 0) is 4.79 Å². The van der Waals surface area contributed by atoms with Gasteiger partial charge in [0.15, 0.2) is 6.10 Å². The molecule has 1 rings (SSSR count). The molecule has 0 fully saturated rings. The van der Waals surface area contributed by atoms with Crippen molar-refractivity contribution in [3.8, 4) is 5.75 Å². The van der Waals surface area contributed by atoms with Gasteiger partial charge in [0, 0.05) is 0 Å². The van der Waals surface area contributed by atoms with Crippen molar-refractivity contribution in [2.24, 2.45) is 0 Å². The third-order valence-electron chi connectivity index (χ3n) is 2.36. The lowest BCUT2D eigenvalue weighted by Gasteiger charge is -2.19. The highest BCUT2D eigenvalue weighted by Gasteiger charge is 2.47. The Labute approximate surface area is 96.5 Å². The Morgan fingerprint density at radius 2 is 2.06 bits per heavy atom. The van der Waals surface area contributed by atoms with E-state index in [1.807, 2.05) is 0 Å².